The highest BCUT2D eigenvalue weighted by Crippen LogP contribution is 2.20. The Balaban J connectivity index is 1.83. The molecular weight excluding hydrogens is 298 g/mol. The second-order valence-corrected chi connectivity index (χ2v) is 6.13. The van der Waals surface area contributed by atoms with Crippen LogP contribution in [-0.4, -0.2) is 50.9 Å². The zero-order valence-corrected chi connectivity index (χ0v) is 13.3. The van der Waals surface area contributed by atoms with Gasteiger partial charge in [0, 0.05) is 36.7 Å². The van der Waals surface area contributed by atoms with E-state index in [-0.39, 0.29) is 12.0 Å². The molecule has 1 aliphatic rings. The van der Waals surface area contributed by atoms with Crippen LogP contribution in [0, 0.1) is 0 Å². The quantitative estimate of drug-likeness (QED) is 0.882. The van der Waals surface area contributed by atoms with Crippen molar-refractivity contribution < 1.29 is 9.90 Å². The Kier molecular flexibility index (Phi) is 4.49. The normalized spacial score (nSPS) is 16.0. The molecule has 2 aromatic rings. The van der Waals surface area contributed by atoms with E-state index in [1.54, 1.807) is 18.0 Å². The molecular formula is C16H19N3O2S. The smallest absolute Gasteiger partial charge is 0.253 e. The highest BCUT2D eigenvalue weighted by molar-refractivity contribution is 7.98. The topological polar surface area (TPSA) is 58.4 Å². The Morgan fingerprint density at radius 1 is 1.36 bits per heavy atom. The summed E-state index contributed by atoms with van der Waals surface area (Å²) in [4.78, 5) is 18.7. The first-order valence-corrected chi connectivity index (χ1v) is 8.56. The third-order valence-electron chi connectivity index (χ3n) is 3.91. The zero-order chi connectivity index (χ0) is 15.5. The largest absolute Gasteiger partial charge is 0.393 e. The Labute approximate surface area is 134 Å². The highest BCUT2D eigenvalue weighted by atomic mass is 32.2. The number of rotatable bonds is 3. The van der Waals surface area contributed by atoms with Gasteiger partial charge in [-0.05, 0) is 37.3 Å². The summed E-state index contributed by atoms with van der Waals surface area (Å²) >= 11 is 1.57. The molecule has 0 saturated carbocycles. The average molecular weight is 317 g/mol. The molecule has 0 aliphatic carbocycles. The number of thioether (sulfide) groups is 1. The fourth-order valence-corrected chi connectivity index (χ4v) is 3.21. The lowest BCUT2D eigenvalue weighted by atomic mass is 10.1. The van der Waals surface area contributed by atoms with Crippen LogP contribution < -0.4 is 0 Å². The summed E-state index contributed by atoms with van der Waals surface area (Å²) in [6.45, 7) is 1.23. The molecule has 1 aromatic heterocycles. The van der Waals surface area contributed by atoms with Crippen LogP contribution in [0.3, 0.4) is 0 Å². The number of carbonyl (C=O) groups is 1. The number of piperidine rings is 1. The van der Waals surface area contributed by atoms with Gasteiger partial charge in [-0.15, -0.1) is 0 Å². The molecule has 1 fully saturated rings. The van der Waals surface area contributed by atoms with Gasteiger partial charge in [0.05, 0.1) is 6.10 Å². The first-order valence-electron chi connectivity index (χ1n) is 7.34. The number of aliphatic hydroxyl groups is 1. The van der Waals surface area contributed by atoms with Crippen LogP contribution in [-0.2, 0) is 0 Å². The average Bonchev–Trinajstić information content (AvgIpc) is 3.04. The molecule has 0 atom stereocenters. The lowest BCUT2D eigenvalue weighted by Crippen LogP contribution is -2.40. The lowest BCUT2D eigenvalue weighted by Gasteiger charge is -2.29. The Morgan fingerprint density at radius 2 is 2.14 bits per heavy atom. The van der Waals surface area contributed by atoms with Gasteiger partial charge in [-0.2, -0.15) is 0 Å². The standard InChI is InChI=1S/C16H19N3O2S/c1-22-16-17-7-10-19(16)13-4-2-3-12(11-13)15(21)18-8-5-14(20)6-9-18/h2-4,7,10-11,14,20H,5-6,8-9H2,1H3. The molecule has 6 heteroatoms. The molecule has 2 heterocycles. The van der Waals surface area contributed by atoms with E-state index in [0.717, 1.165) is 10.8 Å². The molecule has 3 rings (SSSR count). The van der Waals surface area contributed by atoms with Crippen molar-refractivity contribution in [2.75, 3.05) is 19.3 Å². The van der Waals surface area contributed by atoms with E-state index in [1.807, 2.05) is 46.2 Å². The summed E-state index contributed by atoms with van der Waals surface area (Å²) < 4.78 is 1.97. The van der Waals surface area contributed by atoms with Gasteiger partial charge in [-0.25, -0.2) is 4.98 Å². The number of hydrogen-bond donors (Lipinski definition) is 1. The zero-order valence-electron chi connectivity index (χ0n) is 12.5. The van der Waals surface area contributed by atoms with Gasteiger partial charge in [-0.1, -0.05) is 17.8 Å². The summed E-state index contributed by atoms with van der Waals surface area (Å²) in [5, 5.41) is 10.4. The van der Waals surface area contributed by atoms with E-state index in [1.165, 1.54) is 0 Å². The lowest BCUT2D eigenvalue weighted by molar-refractivity contribution is 0.0546. The molecule has 22 heavy (non-hydrogen) atoms. The monoisotopic (exact) mass is 317 g/mol. The van der Waals surface area contributed by atoms with Gasteiger partial charge in [0.2, 0.25) is 0 Å². The van der Waals surface area contributed by atoms with Gasteiger partial charge in [0.25, 0.3) is 5.91 Å². The maximum atomic E-state index is 12.6. The summed E-state index contributed by atoms with van der Waals surface area (Å²) in [5.41, 5.74) is 1.61. The summed E-state index contributed by atoms with van der Waals surface area (Å²) in [7, 11) is 0. The number of aliphatic hydroxyl groups excluding tert-OH is 1. The van der Waals surface area contributed by atoms with E-state index in [9.17, 15) is 9.90 Å². The summed E-state index contributed by atoms with van der Waals surface area (Å²) in [5.74, 6) is 0.0274. The van der Waals surface area contributed by atoms with Crippen LogP contribution in [0.25, 0.3) is 5.69 Å². The number of imidazole rings is 1. The molecule has 1 amide bonds. The number of aromatic nitrogens is 2. The Morgan fingerprint density at radius 3 is 2.86 bits per heavy atom. The Bertz CT molecular complexity index is 663. The van der Waals surface area contributed by atoms with Crippen molar-refractivity contribution in [2.45, 2.75) is 24.1 Å². The van der Waals surface area contributed by atoms with Crippen LogP contribution in [0.1, 0.15) is 23.2 Å². The van der Waals surface area contributed by atoms with Crippen molar-refractivity contribution >= 4 is 17.7 Å². The predicted molar refractivity (Wildman–Crippen MR) is 86.5 cm³/mol. The number of amides is 1. The number of nitrogens with zero attached hydrogens (tertiary/aromatic N) is 3. The third kappa shape index (κ3) is 3.03. The molecule has 0 spiro atoms. The van der Waals surface area contributed by atoms with Crippen molar-refractivity contribution in [3.05, 3.63) is 42.2 Å². The van der Waals surface area contributed by atoms with Gasteiger partial charge >= 0.3 is 0 Å². The fourth-order valence-electron chi connectivity index (χ4n) is 2.68. The van der Waals surface area contributed by atoms with E-state index >= 15 is 0 Å². The number of hydrogen-bond acceptors (Lipinski definition) is 4. The number of carbonyl (C=O) groups excluding carboxylic acids is 1. The molecule has 116 valence electrons. The maximum Gasteiger partial charge on any atom is 0.253 e. The first kappa shape index (κ1) is 15.1. The third-order valence-corrected chi connectivity index (χ3v) is 4.58. The molecule has 0 bridgehead atoms. The van der Waals surface area contributed by atoms with Crippen molar-refractivity contribution in [2.24, 2.45) is 0 Å². The predicted octanol–water partition coefficient (Wildman–Crippen LogP) is 2.19. The minimum atomic E-state index is -0.273. The minimum Gasteiger partial charge on any atom is -0.393 e. The summed E-state index contributed by atoms with van der Waals surface area (Å²) in [6.07, 6.45) is 6.67. The van der Waals surface area contributed by atoms with Crippen LogP contribution >= 0.6 is 11.8 Å². The number of benzene rings is 1. The van der Waals surface area contributed by atoms with Crippen LogP contribution in [0.4, 0.5) is 0 Å². The van der Waals surface area contributed by atoms with E-state index < -0.39 is 0 Å². The van der Waals surface area contributed by atoms with Crippen LogP contribution in [0.2, 0.25) is 0 Å². The van der Waals surface area contributed by atoms with Crippen molar-refractivity contribution in [1.29, 1.82) is 0 Å². The van der Waals surface area contributed by atoms with Gasteiger partial charge in [0.15, 0.2) is 5.16 Å². The highest BCUT2D eigenvalue weighted by Gasteiger charge is 2.22. The maximum absolute atomic E-state index is 12.6. The number of likely N-dealkylation sites (tertiary alicyclic amines) is 1. The molecule has 0 radical (unpaired) electrons. The van der Waals surface area contributed by atoms with Crippen LogP contribution in [0.5, 0.6) is 0 Å². The Hall–Kier alpha value is -1.79. The minimum absolute atomic E-state index is 0.0274. The SMILES string of the molecule is CSc1nccn1-c1cccc(C(=O)N2CCC(O)CC2)c1. The molecule has 5 nitrogen and oxygen atoms in total. The van der Waals surface area contributed by atoms with Crippen molar-refractivity contribution in [1.82, 2.24) is 14.5 Å². The van der Waals surface area contributed by atoms with Crippen molar-refractivity contribution in [3.8, 4) is 5.69 Å². The van der Waals surface area contributed by atoms with Gasteiger partial charge < -0.3 is 10.0 Å². The van der Waals surface area contributed by atoms with Gasteiger partial charge in [0.1, 0.15) is 0 Å². The molecule has 0 unspecified atom stereocenters. The van der Waals surface area contributed by atoms with E-state index in [2.05, 4.69) is 4.98 Å². The van der Waals surface area contributed by atoms with Crippen LogP contribution in [0.15, 0.2) is 41.8 Å². The fraction of sp³-hybridized carbons (Fsp3) is 0.375. The molecule has 1 aliphatic heterocycles. The summed E-state index contributed by atoms with van der Waals surface area (Å²) in [6, 6.07) is 7.60. The first-order chi connectivity index (χ1) is 10.7. The second-order valence-electron chi connectivity index (χ2n) is 5.36. The van der Waals surface area contributed by atoms with Crippen molar-refractivity contribution in [3.63, 3.8) is 0 Å². The second kappa shape index (κ2) is 6.54. The van der Waals surface area contributed by atoms with E-state index in [4.69, 9.17) is 0 Å². The molecule has 1 saturated heterocycles. The van der Waals surface area contributed by atoms with E-state index in [0.29, 0.717) is 31.5 Å². The molecule has 1 N–H and O–H groups in total. The molecule has 1 aromatic carbocycles. The van der Waals surface area contributed by atoms with Gasteiger partial charge in [-0.3, -0.25) is 9.36 Å².